The molecule has 0 unspecified atom stereocenters. The third kappa shape index (κ3) is 1.000. The van der Waals surface area contributed by atoms with Gasteiger partial charge in [-0.05, 0) is 41.9 Å². The molecule has 3 rings (SSSR count). The van der Waals surface area contributed by atoms with E-state index in [0.717, 1.165) is 19.3 Å². The van der Waals surface area contributed by atoms with Crippen LogP contribution in [-0.2, 0) is 4.79 Å². The monoisotopic (exact) mass is 222 g/mol. The van der Waals surface area contributed by atoms with Gasteiger partial charge in [0.1, 0.15) is 5.78 Å². The summed E-state index contributed by atoms with van der Waals surface area (Å²) in [6, 6.07) is 0. The van der Waals surface area contributed by atoms with Crippen LogP contribution in [0.15, 0.2) is 0 Å². The van der Waals surface area contributed by atoms with Crippen molar-refractivity contribution in [2.24, 2.45) is 22.7 Å². The average Bonchev–Trinajstić information content (AvgIpc) is 2.55. The standard InChI is InChI=1S/C14H22O2/c1-9-4-5-14(16)8-12(2)6-10(15)7-13(12,3)11(9)14/h9,11,16H,4-8H2,1-3H3/t9-,11+,12-,13+,14+/m0/s1. The van der Waals surface area contributed by atoms with E-state index in [1.807, 2.05) is 0 Å². The third-order valence-electron chi connectivity index (χ3n) is 6.09. The summed E-state index contributed by atoms with van der Waals surface area (Å²) >= 11 is 0. The van der Waals surface area contributed by atoms with Crippen LogP contribution in [0.4, 0.5) is 0 Å². The number of carbonyl (C=O) groups excluding carboxylic acids is 1. The van der Waals surface area contributed by atoms with E-state index in [1.165, 1.54) is 0 Å². The van der Waals surface area contributed by atoms with Gasteiger partial charge in [0, 0.05) is 12.8 Å². The molecule has 0 bridgehead atoms. The second kappa shape index (κ2) is 2.72. The molecule has 0 aliphatic heterocycles. The number of ketones is 1. The van der Waals surface area contributed by atoms with Crippen LogP contribution in [0.2, 0.25) is 0 Å². The normalized spacial score (nSPS) is 60.1. The fourth-order valence-corrected chi connectivity index (χ4v) is 5.50. The Balaban J connectivity index is 2.09. The Morgan fingerprint density at radius 2 is 2.00 bits per heavy atom. The molecule has 0 aromatic heterocycles. The Hall–Kier alpha value is -0.370. The molecule has 1 N–H and O–H groups in total. The van der Waals surface area contributed by atoms with Gasteiger partial charge in [0.05, 0.1) is 5.60 Å². The topological polar surface area (TPSA) is 37.3 Å². The molecular weight excluding hydrogens is 200 g/mol. The molecule has 3 aliphatic carbocycles. The van der Waals surface area contributed by atoms with Gasteiger partial charge in [0.25, 0.3) is 0 Å². The Bertz CT molecular complexity index is 364. The van der Waals surface area contributed by atoms with E-state index < -0.39 is 5.60 Å². The molecule has 16 heavy (non-hydrogen) atoms. The Labute approximate surface area is 97.4 Å². The lowest BCUT2D eigenvalue weighted by atomic mass is 9.64. The van der Waals surface area contributed by atoms with Crippen molar-refractivity contribution in [2.45, 2.75) is 58.5 Å². The molecule has 90 valence electrons. The lowest BCUT2D eigenvalue weighted by Gasteiger charge is -2.39. The average molecular weight is 222 g/mol. The predicted octanol–water partition coefficient (Wildman–Crippen LogP) is 2.54. The van der Waals surface area contributed by atoms with E-state index in [2.05, 4.69) is 20.8 Å². The van der Waals surface area contributed by atoms with Crippen LogP contribution in [0.1, 0.15) is 52.9 Å². The third-order valence-corrected chi connectivity index (χ3v) is 6.09. The van der Waals surface area contributed by atoms with Crippen molar-refractivity contribution in [3.8, 4) is 0 Å². The van der Waals surface area contributed by atoms with E-state index in [0.29, 0.717) is 30.5 Å². The number of hydrogen-bond acceptors (Lipinski definition) is 2. The number of Topliss-reactive ketones (excluding diaryl/α,β-unsaturated/α-hetero) is 1. The maximum absolute atomic E-state index is 11.8. The smallest absolute Gasteiger partial charge is 0.134 e. The Morgan fingerprint density at radius 1 is 1.31 bits per heavy atom. The van der Waals surface area contributed by atoms with E-state index in [4.69, 9.17) is 0 Å². The summed E-state index contributed by atoms with van der Waals surface area (Å²) in [7, 11) is 0. The fourth-order valence-electron chi connectivity index (χ4n) is 5.50. The molecule has 0 heterocycles. The van der Waals surface area contributed by atoms with E-state index >= 15 is 0 Å². The highest BCUT2D eigenvalue weighted by molar-refractivity contribution is 5.83. The van der Waals surface area contributed by atoms with Gasteiger partial charge in [0.15, 0.2) is 0 Å². The zero-order valence-electron chi connectivity index (χ0n) is 10.5. The van der Waals surface area contributed by atoms with Gasteiger partial charge in [-0.2, -0.15) is 0 Å². The first-order valence-corrected chi connectivity index (χ1v) is 6.55. The largest absolute Gasteiger partial charge is 0.390 e. The zero-order valence-corrected chi connectivity index (χ0v) is 10.5. The molecule has 0 aromatic rings. The highest BCUT2D eigenvalue weighted by Crippen LogP contribution is 2.72. The first-order valence-electron chi connectivity index (χ1n) is 6.55. The van der Waals surface area contributed by atoms with Gasteiger partial charge in [-0.1, -0.05) is 20.8 Å². The summed E-state index contributed by atoms with van der Waals surface area (Å²) < 4.78 is 0. The molecule has 2 heteroatoms. The highest BCUT2D eigenvalue weighted by atomic mass is 16.3. The lowest BCUT2D eigenvalue weighted by Crippen LogP contribution is -2.38. The van der Waals surface area contributed by atoms with Crippen molar-refractivity contribution < 1.29 is 9.90 Å². The summed E-state index contributed by atoms with van der Waals surface area (Å²) in [5, 5.41) is 10.8. The summed E-state index contributed by atoms with van der Waals surface area (Å²) in [6.45, 7) is 6.73. The molecule has 0 radical (unpaired) electrons. The number of rotatable bonds is 0. The Kier molecular flexibility index (Phi) is 1.83. The number of hydrogen-bond donors (Lipinski definition) is 1. The summed E-state index contributed by atoms with van der Waals surface area (Å²) in [5.41, 5.74) is -0.365. The zero-order chi connectivity index (χ0) is 11.8. The van der Waals surface area contributed by atoms with Crippen LogP contribution >= 0.6 is 0 Å². The maximum atomic E-state index is 11.8. The van der Waals surface area contributed by atoms with E-state index in [-0.39, 0.29) is 10.8 Å². The fraction of sp³-hybridized carbons (Fsp3) is 0.929. The molecule has 3 saturated carbocycles. The number of carbonyl (C=O) groups is 1. The van der Waals surface area contributed by atoms with E-state index in [1.54, 1.807) is 0 Å². The summed E-state index contributed by atoms with van der Waals surface area (Å²) in [6.07, 6.45) is 4.30. The van der Waals surface area contributed by atoms with E-state index in [9.17, 15) is 9.90 Å². The lowest BCUT2D eigenvalue weighted by molar-refractivity contribution is -0.119. The van der Waals surface area contributed by atoms with Gasteiger partial charge < -0.3 is 5.11 Å². The second-order valence-electron chi connectivity index (χ2n) is 7.14. The minimum atomic E-state index is -0.469. The van der Waals surface area contributed by atoms with Crippen LogP contribution in [0, 0.1) is 22.7 Å². The minimum absolute atomic E-state index is 0.0503. The molecule has 2 nitrogen and oxygen atoms in total. The predicted molar refractivity (Wildman–Crippen MR) is 61.9 cm³/mol. The maximum Gasteiger partial charge on any atom is 0.134 e. The van der Waals surface area contributed by atoms with Crippen LogP contribution in [0.25, 0.3) is 0 Å². The number of fused-ring (bicyclic) bond motifs is 3. The Morgan fingerprint density at radius 3 is 2.69 bits per heavy atom. The van der Waals surface area contributed by atoms with Crippen LogP contribution in [0.3, 0.4) is 0 Å². The van der Waals surface area contributed by atoms with Crippen LogP contribution in [0.5, 0.6) is 0 Å². The molecule has 5 atom stereocenters. The quantitative estimate of drug-likeness (QED) is 0.684. The van der Waals surface area contributed by atoms with Crippen molar-refractivity contribution in [3.05, 3.63) is 0 Å². The SMILES string of the molecule is C[C@H]1CC[C@@]2(O)C[C@]3(C)CC(=O)C[C@]3(C)[C@@H]12. The van der Waals surface area contributed by atoms with Crippen molar-refractivity contribution in [2.75, 3.05) is 0 Å². The molecule has 0 saturated heterocycles. The second-order valence-corrected chi connectivity index (χ2v) is 7.14. The van der Waals surface area contributed by atoms with Gasteiger partial charge in [-0.15, -0.1) is 0 Å². The minimum Gasteiger partial charge on any atom is -0.390 e. The molecular formula is C14H22O2. The van der Waals surface area contributed by atoms with Crippen molar-refractivity contribution in [3.63, 3.8) is 0 Å². The first-order chi connectivity index (χ1) is 7.31. The van der Waals surface area contributed by atoms with Crippen molar-refractivity contribution in [1.29, 1.82) is 0 Å². The van der Waals surface area contributed by atoms with Crippen LogP contribution in [-0.4, -0.2) is 16.5 Å². The van der Waals surface area contributed by atoms with Crippen molar-refractivity contribution in [1.82, 2.24) is 0 Å². The molecule has 0 amide bonds. The highest BCUT2D eigenvalue weighted by Gasteiger charge is 2.70. The molecule has 0 aromatic carbocycles. The summed E-state index contributed by atoms with van der Waals surface area (Å²) in [5.74, 6) is 1.32. The number of aliphatic hydroxyl groups is 1. The molecule has 3 fully saturated rings. The van der Waals surface area contributed by atoms with Gasteiger partial charge in [-0.3, -0.25) is 4.79 Å². The van der Waals surface area contributed by atoms with Gasteiger partial charge in [0.2, 0.25) is 0 Å². The first kappa shape index (κ1) is 10.8. The van der Waals surface area contributed by atoms with Gasteiger partial charge >= 0.3 is 0 Å². The molecule has 0 spiro atoms. The summed E-state index contributed by atoms with van der Waals surface area (Å²) in [4.78, 5) is 11.8. The van der Waals surface area contributed by atoms with Crippen LogP contribution < -0.4 is 0 Å². The van der Waals surface area contributed by atoms with Gasteiger partial charge in [-0.25, -0.2) is 0 Å². The van der Waals surface area contributed by atoms with Crippen molar-refractivity contribution >= 4 is 5.78 Å². The molecule has 3 aliphatic rings.